The van der Waals surface area contributed by atoms with Gasteiger partial charge in [0.05, 0.1) is 11.9 Å². The highest BCUT2D eigenvalue weighted by molar-refractivity contribution is 7.18. The molecule has 0 aliphatic heterocycles. The maximum Gasteiger partial charge on any atom is 0.259 e. The molecule has 0 saturated heterocycles. The van der Waals surface area contributed by atoms with Gasteiger partial charge in [-0.2, -0.15) is 0 Å². The first-order chi connectivity index (χ1) is 11.2. The number of rotatable bonds is 4. The molecule has 2 N–H and O–H groups in total. The average Bonchev–Trinajstić information content (AvgIpc) is 3.13. The van der Waals surface area contributed by atoms with Crippen molar-refractivity contribution in [1.29, 1.82) is 0 Å². The summed E-state index contributed by atoms with van der Waals surface area (Å²) in [6, 6.07) is 8.36. The van der Waals surface area contributed by atoms with Gasteiger partial charge in [-0.25, -0.2) is 4.98 Å². The Morgan fingerprint density at radius 1 is 1.26 bits per heavy atom. The van der Waals surface area contributed by atoms with E-state index in [1.165, 1.54) is 16.0 Å². The van der Waals surface area contributed by atoms with Crippen LogP contribution in [0, 0.1) is 0 Å². The van der Waals surface area contributed by atoms with Crippen LogP contribution >= 0.6 is 11.3 Å². The van der Waals surface area contributed by atoms with Crippen molar-refractivity contribution in [1.82, 2.24) is 9.97 Å². The van der Waals surface area contributed by atoms with Gasteiger partial charge in [-0.05, 0) is 48.9 Å². The van der Waals surface area contributed by atoms with Crippen molar-refractivity contribution in [2.75, 3.05) is 5.32 Å². The number of hydrogen-bond donors (Lipinski definition) is 2. The number of nitrogens with zero attached hydrogens (tertiary/aromatic N) is 1. The van der Waals surface area contributed by atoms with E-state index in [0.717, 1.165) is 41.6 Å². The first-order valence-corrected chi connectivity index (χ1v) is 8.92. The molecule has 2 heterocycles. The van der Waals surface area contributed by atoms with E-state index < -0.39 is 0 Å². The minimum absolute atomic E-state index is 0.00697. The smallest absolute Gasteiger partial charge is 0.259 e. The van der Waals surface area contributed by atoms with Crippen molar-refractivity contribution in [3.05, 3.63) is 56.4 Å². The standard InChI is InChI=1S/C18H19N3OS/c1-2-11-6-8-12(9-7-11)19-10-15-20-17(22)16-13-4-3-5-14(13)23-18(16)21-15/h6-9,19H,2-5,10H2,1H3,(H,20,21,22). The quantitative estimate of drug-likeness (QED) is 0.770. The van der Waals surface area contributed by atoms with E-state index in [0.29, 0.717) is 12.4 Å². The van der Waals surface area contributed by atoms with Crippen LogP contribution in [0.2, 0.25) is 0 Å². The number of thiophene rings is 1. The maximum atomic E-state index is 12.4. The molecule has 1 aliphatic rings. The van der Waals surface area contributed by atoms with Crippen LogP contribution in [0.15, 0.2) is 29.1 Å². The number of fused-ring (bicyclic) bond motifs is 3. The van der Waals surface area contributed by atoms with Crippen molar-refractivity contribution >= 4 is 27.2 Å². The summed E-state index contributed by atoms with van der Waals surface area (Å²) in [5.74, 6) is 0.696. The van der Waals surface area contributed by atoms with E-state index in [4.69, 9.17) is 0 Å². The highest BCUT2D eigenvalue weighted by atomic mass is 32.1. The summed E-state index contributed by atoms with van der Waals surface area (Å²) in [5, 5.41) is 4.14. The fourth-order valence-corrected chi connectivity index (χ4v) is 4.46. The second-order valence-corrected chi connectivity index (χ2v) is 7.04. The molecule has 0 unspecified atom stereocenters. The monoisotopic (exact) mass is 325 g/mol. The zero-order chi connectivity index (χ0) is 15.8. The van der Waals surface area contributed by atoms with Gasteiger partial charge in [-0.3, -0.25) is 4.79 Å². The molecule has 0 spiro atoms. The van der Waals surface area contributed by atoms with E-state index in [1.54, 1.807) is 11.3 Å². The normalized spacial score (nSPS) is 13.4. The Morgan fingerprint density at radius 3 is 2.87 bits per heavy atom. The fourth-order valence-electron chi connectivity index (χ4n) is 3.17. The molecule has 2 aromatic heterocycles. The van der Waals surface area contributed by atoms with E-state index in [9.17, 15) is 4.79 Å². The fraction of sp³-hybridized carbons (Fsp3) is 0.333. The maximum absolute atomic E-state index is 12.4. The molecular weight excluding hydrogens is 306 g/mol. The van der Waals surface area contributed by atoms with Gasteiger partial charge >= 0.3 is 0 Å². The lowest BCUT2D eigenvalue weighted by Crippen LogP contribution is -2.14. The zero-order valence-corrected chi connectivity index (χ0v) is 13.9. The molecule has 118 valence electrons. The van der Waals surface area contributed by atoms with E-state index in [1.807, 2.05) is 0 Å². The van der Waals surface area contributed by atoms with Crippen LogP contribution in [-0.2, 0) is 25.8 Å². The molecule has 4 nitrogen and oxygen atoms in total. The molecular formula is C18H19N3OS. The number of anilines is 1. The lowest BCUT2D eigenvalue weighted by molar-refractivity contribution is 0.913. The minimum atomic E-state index is 0.00697. The highest BCUT2D eigenvalue weighted by Crippen LogP contribution is 2.34. The number of nitrogens with one attached hydrogen (secondary N) is 2. The van der Waals surface area contributed by atoms with Crippen LogP contribution < -0.4 is 10.9 Å². The molecule has 1 aromatic carbocycles. The largest absolute Gasteiger partial charge is 0.378 e. The average molecular weight is 325 g/mol. The predicted molar refractivity (Wildman–Crippen MR) is 95.4 cm³/mol. The molecule has 0 radical (unpaired) electrons. The number of H-pyrrole nitrogens is 1. The van der Waals surface area contributed by atoms with Crippen LogP contribution in [0.3, 0.4) is 0 Å². The van der Waals surface area contributed by atoms with Gasteiger partial charge in [-0.15, -0.1) is 11.3 Å². The Labute approximate surface area is 138 Å². The lowest BCUT2D eigenvalue weighted by atomic mass is 10.1. The van der Waals surface area contributed by atoms with Crippen molar-refractivity contribution in [3.63, 3.8) is 0 Å². The van der Waals surface area contributed by atoms with Gasteiger partial charge in [0.15, 0.2) is 0 Å². The Morgan fingerprint density at radius 2 is 2.09 bits per heavy atom. The van der Waals surface area contributed by atoms with E-state index in [2.05, 4.69) is 46.5 Å². The first kappa shape index (κ1) is 14.5. The molecule has 4 rings (SSSR count). The predicted octanol–water partition coefficient (Wildman–Crippen LogP) is 3.65. The van der Waals surface area contributed by atoms with Crippen LogP contribution in [0.5, 0.6) is 0 Å². The molecule has 0 fully saturated rings. The van der Waals surface area contributed by atoms with Gasteiger partial charge in [-0.1, -0.05) is 19.1 Å². The number of benzene rings is 1. The Bertz CT molecular complexity index is 908. The second-order valence-electron chi connectivity index (χ2n) is 5.95. The van der Waals surface area contributed by atoms with Crippen molar-refractivity contribution < 1.29 is 0 Å². The second kappa shape index (κ2) is 5.81. The Balaban J connectivity index is 1.58. The SMILES string of the molecule is CCc1ccc(NCc2nc3sc4c(c3c(=O)[nH]2)CCC4)cc1. The topological polar surface area (TPSA) is 57.8 Å². The number of aryl methyl sites for hydroxylation is 3. The summed E-state index contributed by atoms with van der Waals surface area (Å²) in [6.07, 6.45) is 4.30. The van der Waals surface area contributed by atoms with Crippen LogP contribution in [0.1, 0.15) is 35.2 Å². The molecule has 0 bridgehead atoms. The Hall–Kier alpha value is -2.14. The highest BCUT2D eigenvalue weighted by Gasteiger charge is 2.20. The molecule has 0 amide bonds. The lowest BCUT2D eigenvalue weighted by Gasteiger charge is -2.07. The van der Waals surface area contributed by atoms with Gasteiger partial charge in [0.25, 0.3) is 5.56 Å². The van der Waals surface area contributed by atoms with Gasteiger partial charge in [0.1, 0.15) is 10.7 Å². The Kier molecular flexibility index (Phi) is 3.65. The van der Waals surface area contributed by atoms with Crippen LogP contribution in [0.4, 0.5) is 5.69 Å². The third-order valence-electron chi connectivity index (χ3n) is 4.45. The van der Waals surface area contributed by atoms with Gasteiger partial charge in [0, 0.05) is 10.6 Å². The number of aromatic amines is 1. The van der Waals surface area contributed by atoms with Crippen molar-refractivity contribution in [2.24, 2.45) is 0 Å². The zero-order valence-electron chi connectivity index (χ0n) is 13.1. The molecule has 3 aromatic rings. The summed E-state index contributed by atoms with van der Waals surface area (Å²) >= 11 is 1.68. The summed E-state index contributed by atoms with van der Waals surface area (Å²) in [4.78, 5) is 22.2. The van der Waals surface area contributed by atoms with Gasteiger partial charge < -0.3 is 10.3 Å². The van der Waals surface area contributed by atoms with Crippen LogP contribution in [-0.4, -0.2) is 9.97 Å². The third-order valence-corrected chi connectivity index (χ3v) is 5.63. The third kappa shape index (κ3) is 2.65. The van der Waals surface area contributed by atoms with Crippen LogP contribution in [0.25, 0.3) is 10.2 Å². The molecule has 1 aliphatic carbocycles. The molecule has 23 heavy (non-hydrogen) atoms. The summed E-state index contributed by atoms with van der Waals surface area (Å²) < 4.78 is 0. The minimum Gasteiger partial charge on any atom is -0.378 e. The molecule has 0 saturated carbocycles. The molecule has 0 atom stereocenters. The van der Waals surface area contributed by atoms with Gasteiger partial charge in [0.2, 0.25) is 0 Å². The number of hydrogen-bond acceptors (Lipinski definition) is 4. The summed E-state index contributed by atoms with van der Waals surface area (Å²) in [5.41, 5.74) is 3.59. The number of aromatic nitrogens is 2. The van der Waals surface area contributed by atoms with Crippen molar-refractivity contribution in [2.45, 2.75) is 39.2 Å². The van der Waals surface area contributed by atoms with E-state index >= 15 is 0 Å². The van der Waals surface area contributed by atoms with Crippen molar-refractivity contribution in [3.8, 4) is 0 Å². The first-order valence-electron chi connectivity index (χ1n) is 8.11. The molecule has 5 heteroatoms. The van der Waals surface area contributed by atoms with E-state index in [-0.39, 0.29) is 5.56 Å². The summed E-state index contributed by atoms with van der Waals surface area (Å²) in [7, 11) is 0. The summed E-state index contributed by atoms with van der Waals surface area (Å²) in [6.45, 7) is 2.67.